The molecule has 0 N–H and O–H groups in total. The maximum atomic E-state index is 4.19. The number of pyridine rings is 1. The Morgan fingerprint density at radius 1 is 1.29 bits per heavy atom. The van der Waals surface area contributed by atoms with Gasteiger partial charge in [-0.15, -0.1) is 0 Å². The molecule has 1 aromatic rings. The van der Waals surface area contributed by atoms with Crippen LogP contribution in [0.2, 0.25) is 0 Å². The van der Waals surface area contributed by atoms with Crippen molar-refractivity contribution in [2.75, 3.05) is 38.6 Å². The summed E-state index contributed by atoms with van der Waals surface area (Å²) in [7, 11) is 4.35. The van der Waals surface area contributed by atoms with Gasteiger partial charge in [-0.2, -0.15) is 0 Å². The monoisotopic (exact) mass is 189 g/mol. The predicted molar refractivity (Wildman–Crippen MR) is 56.7 cm³/mol. The average molecular weight is 189 g/mol. The van der Waals surface area contributed by atoms with Crippen molar-refractivity contribution >= 4 is 5.69 Å². The Hall–Kier alpha value is -1.09. The molecule has 0 amide bonds. The third-order valence-electron chi connectivity index (χ3n) is 3.47. The summed E-state index contributed by atoms with van der Waals surface area (Å²) in [6.45, 7) is 3.53. The number of likely N-dealkylation sites (N-methyl/N-ethyl adjacent to an activating group) is 2. The quantitative estimate of drug-likeness (QED) is 0.599. The zero-order valence-corrected chi connectivity index (χ0v) is 8.70. The number of hydrogen-bond donors (Lipinski definition) is 0. The molecule has 1 spiro atoms. The van der Waals surface area contributed by atoms with Crippen molar-refractivity contribution in [3.05, 3.63) is 24.0 Å². The fourth-order valence-electron chi connectivity index (χ4n) is 3.02. The number of fused-ring (bicyclic) bond motifs is 2. The number of hydrogen-bond acceptors (Lipinski definition) is 3. The van der Waals surface area contributed by atoms with E-state index in [1.54, 1.807) is 0 Å². The Balaban J connectivity index is 2.06. The van der Waals surface area contributed by atoms with Gasteiger partial charge in [-0.05, 0) is 18.7 Å². The van der Waals surface area contributed by atoms with E-state index in [1.165, 1.54) is 24.3 Å². The van der Waals surface area contributed by atoms with Gasteiger partial charge in [-0.1, -0.05) is 0 Å². The topological polar surface area (TPSA) is 19.4 Å². The van der Waals surface area contributed by atoms with Crippen molar-refractivity contribution in [3.63, 3.8) is 0 Å². The molecule has 0 aromatic carbocycles. The summed E-state index contributed by atoms with van der Waals surface area (Å²) >= 11 is 0. The summed E-state index contributed by atoms with van der Waals surface area (Å²) in [6.07, 6.45) is 3.90. The highest BCUT2D eigenvalue weighted by atomic mass is 15.2. The van der Waals surface area contributed by atoms with Gasteiger partial charge in [-0.25, -0.2) is 0 Å². The van der Waals surface area contributed by atoms with Gasteiger partial charge in [0.15, 0.2) is 0 Å². The molecule has 1 fully saturated rings. The molecule has 3 nitrogen and oxygen atoms in total. The van der Waals surface area contributed by atoms with Crippen LogP contribution in [0.25, 0.3) is 0 Å². The molecule has 0 unspecified atom stereocenters. The van der Waals surface area contributed by atoms with Crippen LogP contribution in [0.3, 0.4) is 0 Å². The maximum Gasteiger partial charge on any atom is 0.0590 e. The highest BCUT2D eigenvalue weighted by Gasteiger charge is 2.48. The largest absolute Gasteiger partial charge is 0.372 e. The molecule has 1 aromatic heterocycles. The van der Waals surface area contributed by atoms with Crippen LogP contribution in [-0.4, -0.2) is 43.6 Å². The first-order valence-corrected chi connectivity index (χ1v) is 5.05. The number of rotatable bonds is 0. The normalized spacial score (nSPS) is 23.7. The van der Waals surface area contributed by atoms with Crippen LogP contribution in [-0.2, 0) is 5.41 Å². The van der Waals surface area contributed by atoms with Gasteiger partial charge in [0.25, 0.3) is 0 Å². The molecule has 0 atom stereocenters. The smallest absolute Gasteiger partial charge is 0.0590 e. The molecule has 0 saturated carbocycles. The Kier molecular flexibility index (Phi) is 1.46. The third kappa shape index (κ3) is 0.879. The number of likely N-dealkylation sites (tertiary alicyclic amines) is 1. The lowest BCUT2D eigenvalue weighted by Crippen LogP contribution is -2.59. The van der Waals surface area contributed by atoms with Crippen LogP contribution in [0.4, 0.5) is 5.69 Å². The van der Waals surface area contributed by atoms with Crippen molar-refractivity contribution in [1.82, 2.24) is 9.88 Å². The minimum Gasteiger partial charge on any atom is -0.372 e. The molecule has 0 radical (unpaired) electrons. The van der Waals surface area contributed by atoms with E-state index in [4.69, 9.17) is 0 Å². The van der Waals surface area contributed by atoms with Crippen molar-refractivity contribution in [2.45, 2.75) is 5.41 Å². The van der Waals surface area contributed by atoms with Gasteiger partial charge in [0.1, 0.15) is 0 Å². The highest BCUT2D eigenvalue weighted by molar-refractivity contribution is 5.62. The van der Waals surface area contributed by atoms with Crippen molar-refractivity contribution in [3.8, 4) is 0 Å². The summed E-state index contributed by atoms with van der Waals surface area (Å²) in [5, 5.41) is 0. The highest BCUT2D eigenvalue weighted by Crippen LogP contribution is 2.44. The van der Waals surface area contributed by atoms with E-state index in [2.05, 4.69) is 34.9 Å². The van der Waals surface area contributed by atoms with E-state index in [9.17, 15) is 0 Å². The van der Waals surface area contributed by atoms with Gasteiger partial charge in [-0.3, -0.25) is 4.98 Å². The van der Waals surface area contributed by atoms with E-state index in [0.717, 1.165) is 6.54 Å². The lowest BCUT2D eigenvalue weighted by Gasteiger charge is -2.46. The summed E-state index contributed by atoms with van der Waals surface area (Å²) in [4.78, 5) is 8.90. The number of aromatic nitrogens is 1. The first-order chi connectivity index (χ1) is 6.71. The number of anilines is 1. The van der Waals surface area contributed by atoms with E-state index in [-0.39, 0.29) is 0 Å². The van der Waals surface area contributed by atoms with Gasteiger partial charge < -0.3 is 9.80 Å². The SMILES string of the molecule is CN1CC2(C1)CN(C)c1cnccc12. The summed E-state index contributed by atoms with van der Waals surface area (Å²) in [5.41, 5.74) is 3.22. The Morgan fingerprint density at radius 3 is 2.79 bits per heavy atom. The van der Waals surface area contributed by atoms with Crippen LogP contribution < -0.4 is 4.90 Å². The standard InChI is InChI=1S/C11H15N3/c1-13-6-11(7-13)8-14(2)10-5-12-4-3-9(10)11/h3-5H,6-8H2,1-2H3. The minimum atomic E-state index is 0.405. The van der Waals surface area contributed by atoms with E-state index in [0.29, 0.717) is 5.41 Å². The first kappa shape index (κ1) is 8.24. The van der Waals surface area contributed by atoms with E-state index in [1.807, 2.05) is 12.4 Å². The Morgan fingerprint density at radius 2 is 2.07 bits per heavy atom. The molecular weight excluding hydrogens is 174 g/mol. The maximum absolute atomic E-state index is 4.19. The molecule has 2 aliphatic heterocycles. The fraction of sp³-hybridized carbons (Fsp3) is 0.545. The summed E-state index contributed by atoms with van der Waals surface area (Å²) < 4.78 is 0. The molecular formula is C11H15N3. The van der Waals surface area contributed by atoms with Crippen LogP contribution in [0.1, 0.15) is 5.56 Å². The predicted octanol–water partition coefficient (Wildman–Crippen LogP) is 0.715. The molecule has 3 heterocycles. The average Bonchev–Trinajstić information content (AvgIpc) is 2.41. The van der Waals surface area contributed by atoms with Crippen LogP contribution in [0.5, 0.6) is 0 Å². The van der Waals surface area contributed by atoms with Gasteiger partial charge in [0.2, 0.25) is 0 Å². The zero-order valence-electron chi connectivity index (χ0n) is 8.70. The van der Waals surface area contributed by atoms with Gasteiger partial charge >= 0.3 is 0 Å². The van der Waals surface area contributed by atoms with E-state index < -0.39 is 0 Å². The second-order valence-corrected chi connectivity index (χ2v) is 4.70. The molecule has 0 aliphatic carbocycles. The molecule has 14 heavy (non-hydrogen) atoms. The zero-order chi connectivity index (χ0) is 9.76. The van der Waals surface area contributed by atoms with Crippen LogP contribution in [0.15, 0.2) is 18.5 Å². The lowest BCUT2D eigenvalue weighted by molar-refractivity contribution is 0.106. The second-order valence-electron chi connectivity index (χ2n) is 4.70. The number of nitrogens with zero attached hydrogens (tertiary/aromatic N) is 3. The summed E-state index contributed by atoms with van der Waals surface area (Å²) in [5.74, 6) is 0. The fourth-order valence-corrected chi connectivity index (χ4v) is 3.02. The van der Waals surface area contributed by atoms with Crippen LogP contribution in [0, 0.1) is 0 Å². The Bertz CT molecular complexity index is 369. The van der Waals surface area contributed by atoms with Crippen molar-refractivity contribution in [1.29, 1.82) is 0 Å². The second kappa shape index (κ2) is 2.48. The molecule has 2 aliphatic rings. The first-order valence-electron chi connectivity index (χ1n) is 5.05. The Labute approximate surface area is 84.3 Å². The molecule has 1 saturated heterocycles. The van der Waals surface area contributed by atoms with Gasteiger partial charge in [0.05, 0.1) is 11.9 Å². The summed E-state index contributed by atoms with van der Waals surface area (Å²) in [6, 6.07) is 2.19. The lowest BCUT2D eigenvalue weighted by atomic mass is 9.76. The van der Waals surface area contributed by atoms with Crippen molar-refractivity contribution in [2.24, 2.45) is 0 Å². The molecule has 3 heteroatoms. The van der Waals surface area contributed by atoms with E-state index >= 15 is 0 Å². The minimum absolute atomic E-state index is 0.405. The molecule has 74 valence electrons. The molecule has 3 rings (SSSR count). The third-order valence-corrected chi connectivity index (χ3v) is 3.47. The van der Waals surface area contributed by atoms with Crippen molar-refractivity contribution < 1.29 is 0 Å². The molecule has 0 bridgehead atoms. The van der Waals surface area contributed by atoms with Crippen LogP contribution >= 0.6 is 0 Å². The van der Waals surface area contributed by atoms with Gasteiger partial charge in [0, 0.05) is 38.3 Å².